The molecule has 1 atom stereocenters. The van der Waals surface area contributed by atoms with E-state index in [0.29, 0.717) is 23.5 Å². The molecule has 1 aromatic carbocycles. The summed E-state index contributed by atoms with van der Waals surface area (Å²) in [5.74, 6) is 0.296. The first kappa shape index (κ1) is 19.8. The van der Waals surface area contributed by atoms with Gasteiger partial charge in [-0.05, 0) is 42.7 Å². The van der Waals surface area contributed by atoms with E-state index >= 15 is 0 Å². The van der Waals surface area contributed by atoms with Gasteiger partial charge >= 0.3 is 0 Å². The summed E-state index contributed by atoms with van der Waals surface area (Å²) in [7, 11) is 1.64. The van der Waals surface area contributed by atoms with Crippen LogP contribution in [0.2, 0.25) is 0 Å². The van der Waals surface area contributed by atoms with Crippen molar-refractivity contribution < 1.29 is 18.9 Å². The van der Waals surface area contributed by atoms with Crippen LogP contribution in [0.4, 0.5) is 5.69 Å². The summed E-state index contributed by atoms with van der Waals surface area (Å²) in [6, 6.07) is 9.17. The third-order valence-electron chi connectivity index (χ3n) is 5.65. The standard InChI is InChI=1S/C21H22N4O5/c1-23(21(27)15-4-2-5-15)13-20(26)24-18(19-6-3-11-30-19)12-17(22-24)14-7-9-16(10-8-14)25(28)29/h3,6-11,15,18H,2,4-5,12-13H2,1H3/t18-/m1/s1. The van der Waals surface area contributed by atoms with Gasteiger partial charge in [0.1, 0.15) is 18.3 Å². The van der Waals surface area contributed by atoms with Crippen molar-refractivity contribution in [1.82, 2.24) is 9.91 Å². The molecule has 1 aromatic heterocycles. The van der Waals surface area contributed by atoms with Gasteiger partial charge in [0.2, 0.25) is 5.91 Å². The molecule has 0 radical (unpaired) electrons. The fourth-order valence-corrected chi connectivity index (χ4v) is 3.71. The fourth-order valence-electron chi connectivity index (χ4n) is 3.71. The number of nitro benzene ring substituents is 1. The number of hydrogen-bond acceptors (Lipinski definition) is 6. The first-order valence-electron chi connectivity index (χ1n) is 9.87. The van der Waals surface area contributed by atoms with E-state index in [9.17, 15) is 19.7 Å². The molecule has 30 heavy (non-hydrogen) atoms. The summed E-state index contributed by atoms with van der Waals surface area (Å²) in [6.45, 7) is -0.0659. The van der Waals surface area contributed by atoms with E-state index in [1.807, 2.05) is 0 Å². The average molecular weight is 410 g/mol. The molecule has 0 saturated heterocycles. The number of likely N-dealkylation sites (N-methyl/N-ethyl adjacent to an activating group) is 1. The van der Waals surface area contributed by atoms with E-state index in [1.54, 1.807) is 31.3 Å². The molecule has 4 rings (SSSR count). The van der Waals surface area contributed by atoms with Gasteiger partial charge in [0, 0.05) is 31.5 Å². The van der Waals surface area contributed by atoms with Crippen LogP contribution >= 0.6 is 0 Å². The van der Waals surface area contributed by atoms with Crippen LogP contribution < -0.4 is 0 Å². The van der Waals surface area contributed by atoms with E-state index in [4.69, 9.17) is 4.42 Å². The molecule has 2 amide bonds. The number of carbonyl (C=O) groups is 2. The number of non-ortho nitro benzene ring substituents is 1. The lowest BCUT2D eigenvalue weighted by Gasteiger charge is -2.30. The number of hydrogen-bond donors (Lipinski definition) is 0. The van der Waals surface area contributed by atoms with Crippen molar-refractivity contribution in [3.05, 3.63) is 64.1 Å². The van der Waals surface area contributed by atoms with Crippen LogP contribution in [-0.4, -0.2) is 46.0 Å². The number of benzene rings is 1. The monoisotopic (exact) mass is 410 g/mol. The number of hydrazone groups is 1. The highest BCUT2D eigenvalue weighted by atomic mass is 16.6. The Morgan fingerprint density at radius 1 is 1.27 bits per heavy atom. The van der Waals surface area contributed by atoms with Crippen LogP contribution in [0.15, 0.2) is 52.2 Å². The third kappa shape index (κ3) is 3.83. The van der Waals surface area contributed by atoms with Crippen LogP contribution in [0.1, 0.15) is 43.0 Å². The van der Waals surface area contributed by atoms with Gasteiger partial charge < -0.3 is 9.32 Å². The lowest BCUT2D eigenvalue weighted by Crippen LogP contribution is -2.42. The lowest BCUT2D eigenvalue weighted by atomic mass is 9.84. The molecule has 156 valence electrons. The fraction of sp³-hybridized carbons (Fsp3) is 0.381. The minimum Gasteiger partial charge on any atom is -0.467 e. The molecule has 2 heterocycles. The van der Waals surface area contributed by atoms with Crippen molar-refractivity contribution in [2.45, 2.75) is 31.7 Å². The summed E-state index contributed by atoms with van der Waals surface area (Å²) in [6.07, 6.45) is 4.75. The van der Waals surface area contributed by atoms with Gasteiger partial charge in [-0.15, -0.1) is 0 Å². The smallest absolute Gasteiger partial charge is 0.269 e. The molecule has 9 heteroatoms. The highest BCUT2D eigenvalue weighted by Crippen LogP contribution is 2.34. The predicted molar refractivity (Wildman–Crippen MR) is 108 cm³/mol. The SMILES string of the molecule is CN(CC(=O)N1N=C(c2ccc([N+](=O)[O-])cc2)C[C@@H]1c1ccco1)C(=O)C1CCC1. The summed E-state index contributed by atoms with van der Waals surface area (Å²) in [5, 5.41) is 16.7. The number of amides is 2. The topological polar surface area (TPSA) is 109 Å². The Labute approximate surface area is 173 Å². The van der Waals surface area contributed by atoms with E-state index < -0.39 is 11.0 Å². The quantitative estimate of drug-likeness (QED) is 0.537. The molecular formula is C21H22N4O5. The van der Waals surface area contributed by atoms with Crippen LogP contribution in [0.25, 0.3) is 0 Å². The first-order valence-corrected chi connectivity index (χ1v) is 9.87. The molecule has 2 aromatic rings. The van der Waals surface area contributed by atoms with Gasteiger partial charge in [0.15, 0.2) is 0 Å². The van der Waals surface area contributed by atoms with Gasteiger partial charge in [0.25, 0.3) is 11.6 Å². The zero-order chi connectivity index (χ0) is 21.3. The third-order valence-corrected chi connectivity index (χ3v) is 5.65. The Balaban J connectivity index is 1.54. The average Bonchev–Trinajstić information content (AvgIpc) is 3.36. The summed E-state index contributed by atoms with van der Waals surface area (Å²) < 4.78 is 5.51. The maximum atomic E-state index is 13.0. The number of furan rings is 1. The molecular weight excluding hydrogens is 388 g/mol. The van der Waals surface area contributed by atoms with E-state index in [-0.39, 0.29) is 30.0 Å². The number of nitrogens with zero attached hydrogens (tertiary/aromatic N) is 4. The largest absolute Gasteiger partial charge is 0.467 e. The number of nitro groups is 1. The normalized spacial score (nSPS) is 18.6. The minimum atomic E-state index is -0.462. The summed E-state index contributed by atoms with van der Waals surface area (Å²) in [4.78, 5) is 37.3. The molecule has 0 unspecified atom stereocenters. The van der Waals surface area contributed by atoms with Gasteiger partial charge in [-0.25, -0.2) is 5.01 Å². The van der Waals surface area contributed by atoms with Crippen LogP contribution in [0, 0.1) is 16.0 Å². The summed E-state index contributed by atoms with van der Waals surface area (Å²) >= 11 is 0. The molecule has 1 saturated carbocycles. The second-order valence-electron chi connectivity index (χ2n) is 7.65. The molecule has 2 aliphatic rings. The van der Waals surface area contributed by atoms with Crippen molar-refractivity contribution >= 4 is 23.2 Å². The minimum absolute atomic E-state index is 0.0102. The highest BCUT2D eigenvalue weighted by molar-refractivity contribution is 6.03. The van der Waals surface area contributed by atoms with Crippen molar-refractivity contribution in [3.63, 3.8) is 0 Å². The van der Waals surface area contributed by atoms with Crippen LogP contribution in [0.5, 0.6) is 0 Å². The predicted octanol–water partition coefficient (Wildman–Crippen LogP) is 3.12. The van der Waals surface area contributed by atoms with Crippen molar-refractivity contribution in [3.8, 4) is 0 Å². The molecule has 0 spiro atoms. The maximum Gasteiger partial charge on any atom is 0.269 e. The molecule has 0 bridgehead atoms. The zero-order valence-corrected chi connectivity index (χ0v) is 16.6. The second kappa shape index (κ2) is 8.10. The second-order valence-corrected chi connectivity index (χ2v) is 7.65. The summed E-state index contributed by atoms with van der Waals surface area (Å²) in [5.41, 5.74) is 1.32. The zero-order valence-electron chi connectivity index (χ0n) is 16.6. The van der Waals surface area contributed by atoms with Gasteiger partial charge in [-0.2, -0.15) is 5.10 Å². The van der Waals surface area contributed by atoms with Gasteiger partial charge in [-0.3, -0.25) is 19.7 Å². The van der Waals surface area contributed by atoms with Crippen molar-refractivity contribution in [2.24, 2.45) is 11.0 Å². The maximum absolute atomic E-state index is 13.0. The molecule has 1 fully saturated rings. The Kier molecular flexibility index (Phi) is 5.35. The Bertz CT molecular complexity index is 979. The molecule has 9 nitrogen and oxygen atoms in total. The Morgan fingerprint density at radius 2 is 2.00 bits per heavy atom. The number of carbonyl (C=O) groups excluding carboxylic acids is 2. The van der Waals surface area contributed by atoms with Gasteiger partial charge in [0.05, 0.1) is 16.9 Å². The lowest BCUT2D eigenvalue weighted by molar-refractivity contribution is -0.384. The van der Waals surface area contributed by atoms with Gasteiger partial charge in [-0.1, -0.05) is 6.42 Å². The molecule has 0 N–H and O–H groups in total. The van der Waals surface area contributed by atoms with Crippen LogP contribution in [0.3, 0.4) is 0 Å². The van der Waals surface area contributed by atoms with E-state index in [1.165, 1.54) is 28.3 Å². The van der Waals surface area contributed by atoms with E-state index in [2.05, 4.69) is 5.10 Å². The Hall–Kier alpha value is -3.49. The van der Waals surface area contributed by atoms with E-state index in [0.717, 1.165) is 19.3 Å². The number of rotatable bonds is 6. The van der Waals surface area contributed by atoms with Crippen molar-refractivity contribution in [1.29, 1.82) is 0 Å². The first-order chi connectivity index (χ1) is 14.4. The Morgan fingerprint density at radius 3 is 2.57 bits per heavy atom. The molecule has 1 aliphatic heterocycles. The van der Waals surface area contributed by atoms with Crippen LogP contribution in [-0.2, 0) is 9.59 Å². The van der Waals surface area contributed by atoms with Crippen molar-refractivity contribution in [2.75, 3.05) is 13.6 Å². The highest BCUT2D eigenvalue weighted by Gasteiger charge is 2.36. The molecule has 1 aliphatic carbocycles.